The second kappa shape index (κ2) is 14.1. The van der Waals surface area contributed by atoms with Gasteiger partial charge in [0.05, 0.1) is 48.7 Å². The van der Waals surface area contributed by atoms with Crippen LogP contribution in [0.1, 0.15) is 27.4 Å². The average molecular weight is 674 g/mol. The molecule has 2 fully saturated rings. The van der Waals surface area contributed by atoms with Crippen molar-refractivity contribution in [3.8, 4) is 22.8 Å². The van der Waals surface area contributed by atoms with Crippen molar-refractivity contribution in [1.29, 1.82) is 0 Å². The Labute approximate surface area is 279 Å². The van der Waals surface area contributed by atoms with Gasteiger partial charge >= 0.3 is 6.03 Å². The van der Waals surface area contributed by atoms with E-state index in [1.54, 1.807) is 24.1 Å². The Hall–Kier alpha value is -4.79. The van der Waals surface area contributed by atoms with Crippen molar-refractivity contribution in [2.45, 2.75) is 24.9 Å². The summed E-state index contributed by atoms with van der Waals surface area (Å²) in [4.78, 5) is 33.6. The summed E-state index contributed by atoms with van der Waals surface area (Å²) >= 11 is 0. The predicted molar refractivity (Wildman–Crippen MR) is 181 cm³/mol. The molecule has 0 spiro atoms. The van der Waals surface area contributed by atoms with Crippen molar-refractivity contribution in [2.24, 2.45) is 0 Å². The van der Waals surface area contributed by atoms with Gasteiger partial charge < -0.3 is 20.1 Å². The molecule has 13 nitrogen and oxygen atoms in total. The highest BCUT2D eigenvalue weighted by molar-refractivity contribution is 7.92. The predicted octanol–water partition coefficient (Wildman–Crippen LogP) is 3.01. The van der Waals surface area contributed by atoms with E-state index in [0.29, 0.717) is 35.8 Å². The number of nitrogens with one attached hydrogen (secondary N) is 3. The fourth-order valence-electron chi connectivity index (χ4n) is 6.28. The topological polar surface area (TPSA) is 157 Å². The summed E-state index contributed by atoms with van der Waals surface area (Å²) in [6.45, 7) is 4.67. The standard InChI is InChI=1S/C34H39N7O6S/c1-22-30(24-16-27(33(47-3)35-17-24)32(42)36-25-20-48(44,45)21-25)39-41(26-12-8-5-9-13-26)31(22)38-34(43)37-29-19-40(14-15-46-2)18-28(29)23-10-6-4-7-11-23/h4-13,16-17,25,28-29H,14-15,18-21H2,1-3H3,(H,36,42)(H2,37,38,43)/t28-,29+/m0/s1. The Bertz CT molecular complexity index is 1870. The number of sulfone groups is 1. The van der Waals surface area contributed by atoms with E-state index < -0.39 is 21.8 Å². The molecule has 4 aromatic rings. The molecule has 2 atom stereocenters. The summed E-state index contributed by atoms with van der Waals surface area (Å²) in [6, 6.07) is 20.2. The van der Waals surface area contributed by atoms with Crippen LogP contribution in [0.3, 0.4) is 0 Å². The molecule has 2 saturated heterocycles. The van der Waals surface area contributed by atoms with Gasteiger partial charge in [0.25, 0.3) is 5.91 Å². The minimum atomic E-state index is -3.12. The quantitative estimate of drug-likeness (QED) is 0.218. The summed E-state index contributed by atoms with van der Waals surface area (Å²) in [5.41, 5.74) is 3.70. The maximum absolute atomic E-state index is 13.7. The Kier molecular flexibility index (Phi) is 9.76. The number of para-hydroxylation sites is 1. The van der Waals surface area contributed by atoms with Crippen LogP contribution in [-0.4, -0.2) is 104 Å². The molecular weight excluding hydrogens is 634 g/mol. The Morgan fingerprint density at radius 1 is 0.979 bits per heavy atom. The fourth-order valence-corrected chi connectivity index (χ4v) is 7.57. The molecular formula is C34H39N7O6S. The van der Waals surface area contributed by atoms with Crippen LogP contribution >= 0.6 is 0 Å². The summed E-state index contributed by atoms with van der Waals surface area (Å²) in [5.74, 6) is -0.0582. The lowest BCUT2D eigenvalue weighted by Gasteiger charge is -2.26. The first-order valence-electron chi connectivity index (χ1n) is 15.7. The molecule has 0 saturated carbocycles. The number of amides is 3. The maximum atomic E-state index is 13.7. The number of likely N-dealkylation sites (tertiary alicyclic amines) is 1. The first kappa shape index (κ1) is 33.1. The number of carbonyl (C=O) groups excluding carboxylic acids is 2. The average Bonchev–Trinajstić information content (AvgIpc) is 3.63. The van der Waals surface area contributed by atoms with E-state index in [0.717, 1.165) is 24.3 Å². The number of ether oxygens (including phenoxy) is 2. The van der Waals surface area contributed by atoms with Crippen LogP contribution in [0, 0.1) is 6.92 Å². The summed E-state index contributed by atoms with van der Waals surface area (Å²) < 4.78 is 35.6. The third-order valence-corrected chi connectivity index (χ3v) is 10.5. The molecule has 4 heterocycles. The number of hydrogen-bond donors (Lipinski definition) is 3. The molecule has 2 aromatic heterocycles. The molecule has 2 aliphatic heterocycles. The maximum Gasteiger partial charge on any atom is 0.320 e. The summed E-state index contributed by atoms with van der Waals surface area (Å²) in [7, 11) is -0.0313. The van der Waals surface area contributed by atoms with Crippen LogP contribution in [0.4, 0.5) is 10.6 Å². The van der Waals surface area contributed by atoms with E-state index in [9.17, 15) is 18.0 Å². The number of carbonyl (C=O) groups is 2. The van der Waals surface area contributed by atoms with Gasteiger partial charge in [0.2, 0.25) is 5.88 Å². The van der Waals surface area contributed by atoms with E-state index in [4.69, 9.17) is 14.6 Å². The third-order valence-electron chi connectivity index (χ3n) is 8.71. The van der Waals surface area contributed by atoms with Gasteiger partial charge in [0.15, 0.2) is 9.84 Å². The Morgan fingerprint density at radius 2 is 1.69 bits per heavy atom. The first-order chi connectivity index (χ1) is 23.2. The lowest BCUT2D eigenvalue weighted by molar-refractivity contribution is 0.0938. The number of pyridine rings is 1. The number of rotatable bonds is 11. The molecule has 6 rings (SSSR count). The largest absolute Gasteiger partial charge is 0.480 e. The zero-order valence-corrected chi connectivity index (χ0v) is 27.9. The summed E-state index contributed by atoms with van der Waals surface area (Å²) in [6.07, 6.45) is 1.55. The third kappa shape index (κ3) is 7.20. The van der Waals surface area contributed by atoms with Crippen molar-refractivity contribution in [3.63, 3.8) is 0 Å². The molecule has 252 valence electrons. The van der Waals surface area contributed by atoms with E-state index in [-0.39, 0.29) is 40.9 Å². The number of hydrogen-bond acceptors (Lipinski definition) is 9. The van der Waals surface area contributed by atoms with Crippen LogP contribution in [0.15, 0.2) is 72.9 Å². The molecule has 3 amide bonds. The van der Waals surface area contributed by atoms with Gasteiger partial charge in [-0.3, -0.25) is 15.0 Å². The van der Waals surface area contributed by atoms with Gasteiger partial charge in [-0.25, -0.2) is 22.9 Å². The normalized spacial score (nSPS) is 19.0. The monoisotopic (exact) mass is 673 g/mol. The SMILES string of the molecule is COCCN1C[C@@H](NC(=O)Nc2c(C)c(-c3cnc(OC)c(C(=O)NC4CS(=O)(=O)C4)c3)nn2-c2ccccc2)[C@H](c2ccccc2)C1. The minimum absolute atomic E-state index is 0.0967. The highest BCUT2D eigenvalue weighted by Gasteiger charge is 2.36. The van der Waals surface area contributed by atoms with Crippen LogP contribution in [0.2, 0.25) is 0 Å². The second-order valence-electron chi connectivity index (χ2n) is 12.1. The molecule has 48 heavy (non-hydrogen) atoms. The van der Waals surface area contributed by atoms with Crippen LogP contribution < -0.4 is 20.7 Å². The molecule has 0 radical (unpaired) electrons. The summed E-state index contributed by atoms with van der Waals surface area (Å²) in [5, 5.41) is 13.9. The fraction of sp³-hybridized carbons (Fsp3) is 0.353. The highest BCUT2D eigenvalue weighted by atomic mass is 32.2. The molecule has 0 unspecified atom stereocenters. The van der Waals surface area contributed by atoms with E-state index in [1.165, 1.54) is 7.11 Å². The van der Waals surface area contributed by atoms with Crippen LogP contribution in [0.5, 0.6) is 5.88 Å². The van der Waals surface area contributed by atoms with Gasteiger partial charge in [-0.05, 0) is 30.7 Å². The smallest absolute Gasteiger partial charge is 0.320 e. The van der Waals surface area contributed by atoms with Crippen molar-refractivity contribution in [3.05, 3.63) is 89.6 Å². The lowest BCUT2D eigenvalue weighted by atomic mass is 9.94. The van der Waals surface area contributed by atoms with Crippen molar-refractivity contribution < 1.29 is 27.5 Å². The molecule has 14 heteroatoms. The highest BCUT2D eigenvalue weighted by Crippen LogP contribution is 2.33. The number of aromatic nitrogens is 3. The number of urea groups is 1. The minimum Gasteiger partial charge on any atom is -0.480 e. The van der Waals surface area contributed by atoms with E-state index in [2.05, 4.69) is 38.0 Å². The zero-order chi connectivity index (χ0) is 33.8. The van der Waals surface area contributed by atoms with Crippen LogP contribution in [-0.2, 0) is 14.6 Å². The van der Waals surface area contributed by atoms with Crippen molar-refractivity contribution in [2.75, 3.05) is 57.3 Å². The molecule has 0 bridgehead atoms. The van der Waals surface area contributed by atoms with Crippen LogP contribution in [0.25, 0.3) is 16.9 Å². The lowest BCUT2D eigenvalue weighted by Crippen LogP contribution is -2.53. The van der Waals surface area contributed by atoms with E-state index >= 15 is 0 Å². The van der Waals surface area contributed by atoms with Gasteiger partial charge in [-0.1, -0.05) is 48.5 Å². The zero-order valence-electron chi connectivity index (χ0n) is 27.0. The molecule has 2 aromatic carbocycles. The van der Waals surface area contributed by atoms with Gasteiger partial charge in [-0.2, -0.15) is 5.10 Å². The molecule has 3 N–H and O–H groups in total. The molecule has 0 aliphatic carbocycles. The number of nitrogens with zero attached hydrogens (tertiary/aromatic N) is 4. The van der Waals surface area contributed by atoms with Gasteiger partial charge in [0, 0.05) is 50.0 Å². The van der Waals surface area contributed by atoms with Gasteiger partial charge in [0.1, 0.15) is 11.4 Å². The number of anilines is 1. The number of benzene rings is 2. The first-order valence-corrected chi connectivity index (χ1v) is 17.5. The number of methoxy groups -OCH3 is 2. The Balaban J connectivity index is 1.29. The van der Waals surface area contributed by atoms with Gasteiger partial charge in [-0.15, -0.1) is 0 Å². The van der Waals surface area contributed by atoms with Crippen molar-refractivity contribution in [1.82, 2.24) is 30.3 Å². The van der Waals surface area contributed by atoms with Crippen molar-refractivity contribution >= 4 is 27.6 Å². The van der Waals surface area contributed by atoms with E-state index in [1.807, 2.05) is 55.5 Å². The molecule has 2 aliphatic rings. The second-order valence-corrected chi connectivity index (χ2v) is 14.2. The Morgan fingerprint density at radius 3 is 2.35 bits per heavy atom.